The molecule has 1 aromatic carbocycles. The fourth-order valence-corrected chi connectivity index (χ4v) is 2.74. The molecule has 1 aromatic rings. The highest BCUT2D eigenvalue weighted by molar-refractivity contribution is 7.95. The second-order valence-electron chi connectivity index (χ2n) is 3.54. The Hall–Kier alpha value is -1.21. The highest BCUT2D eigenvalue weighted by atomic mass is 32.2. The predicted octanol–water partition coefficient (Wildman–Crippen LogP) is 1.27. The first kappa shape index (κ1) is 13.9. The monoisotopic (exact) mass is 276 g/mol. The number of benzene rings is 1. The van der Waals surface area contributed by atoms with Crippen molar-refractivity contribution in [3.63, 3.8) is 0 Å². The zero-order chi connectivity index (χ0) is 13.2. The molecule has 0 bridgehead atoms. The van der Waals surface area contributed by atoms with Crippen molar-refractivity contribution in [3.05, 3.63) is 30.1 Å². The minimum atomic E-state index is -3.71. The molecule has 4 nitrogen and oxygen atoms in total. The summed E-state index contributed by atoms with van der Waals surface area (Å²) < 4.78 is 38.0. The van der Waals surface area contributed by atoms with E-state index in [4.69, 9.17) is 5.73 Å². The third-order valence-corrected chi connectivity index (χ3v) is 5.03. The lowest BCUT2D eigenvalue weighted by Crippen LogP contribution is -2.41. The van der Waals surface area contributed by atoms with Gasteiger partial charge in [0.2, 0.25) is 10.0 Å². The summed E-state index contributed by atoms with van der Waals surface area (Å²) in [6, 6.07) is 5.29. The van der Waals surface area contributed by atoms with E-state index in [9.17, 15) is 12.8 Å². The van der Waals surface area contributed by atoms with Gasteiger partial charge in [-0.15, -0.1) is 0 Å². The molecular weight excluding hydrogens is 263 g/mol. The van der Waals surface area contributed by atoms with Gasteiger partial charge in [-0.3, -0.25) is 4.31 Å². The van der Waals surface area contributed by atoms with E-state index in [1.807, 2.05) is 0 Å². The largest absolute Gasteiger partial charge is 0.392 e. The normalized spacial score (nSPS) is 13.1. The number of hydrogen-bond donors (Lipinski definition) is 1. The van der Waals surface area contributed by atoms with Gasteiger partial charge in [-0.1, -0.05) is 18.3 Å². The van der Waals surface area contributed by atoms with Crippen molar-refractivity contribution in [3.8, 4) is 0 Å². The van der Waals surface area contributed by atoms with Gasteiger partial charge in [0.05, 0.1) is 10.7 Å². The van der Waals surface area contributed by atoms with Gasteiger partial charge >= 0.3 is 0 Å². The van der Waals surface area contributed by atoms with Crippen LogP contribution >= 0.6 is 12.2 Å². The maximum absolute atomic E-state index is 13.0. The number of thiocarbonyl (C=S) groups is 1. The van der Waals surface area contributed by atoms with Gasteiger partial charge in [-0.05, 0) is 25.1 Å². The van der Waals surface area contributed by atoms with Crippen molar-refractivity contribution in [2.75, 3.05) is 11.4 Å². The summed E-state index contributed by atoms with van der Waals surface area (Å²) in [5.74, 6) is -0.507. The van der Waals surface area contributed by atoms with Crippen molar-refractivity contribution in [2.24, 2.45) is 5.73 Å². The first-order valence-electron chi connectivity index (χ1n) is 4.79. The average molecular weight is 276 g/mol. The minimum Gasteiger partial charge on any atom is -0.392 e. The van der Waals surface area contributed by atoms with E-state index < -0.39 is 21.1 Å². The highest BCUT2D eigenvalue weighted by Gasteiger charge is 2.28. The average Bonchev–Trinajstić information content (AvgIpc) is 2.26. The molecule has 94 valence electrons. The van der Waals surface area contributed by atoms with Crippen LogP contribution in [-0.4, -0.2) is 25.7 Å². The number of hydrogen-bond acceptors (Lipinski definition) is 3. The quantitative estimate of drug-likeness (QED) is 0.841. The van der Waals surface area contributed by atoms with Crippen molar-refractivity contribution >= 4 is 32.9 Å². The summed E-state index contributed by atoms with van der Waals surface area (Å²) >= 11 is 4.66. The van der Waals surface area contributed by atoms with Crippen LogP contribution < -0.4 is 10.0 Å². The maximum atomic E-state index is 13.0. The van der Waals surface area contributed by atoms with E-state index >= 15 is 0 Å². The van der Waals surface area contributed by atoms with Gasteiger partial charge in [0, 0.05) is 7.05 Å². The fraction of sp³-hybridized carbons (Fsp3) is 0.300. The van der Waals surface area contributed by atoms with Gasteiger partial charge in [-0.2, -0.15) is 0 Å². The molecule has 1 unspecified atom stereocenters. The van der Waals surface area contributed by atoms with Crippen LogP contribution in [0.3, 0.4) is 0 Å². The summed E-state index contributed by atoms with van der Waals surface area (Å²) in [5, 5.41) is -0.995. The number of nitrogens with zero attached hydrogens (tertiary/aromatic N) is 1. The Morgan fingerprint density at radius 2 is 2.12 bits per heavy atom. The molecular formula is C10H13FN2O2S2. The van der Waals surface area contributed by atoms with E-state index in [-0.39, 0.29) is 10.7 Å². The van der Waals surface area contributed by atoms with Crippen molar-refractivity contribution in [1.82, 2.24) is 0 Å². The highest BCUT2D eigenvalue weighted by Crippen LogP contribution is 2.19. The maximum Gasteiger partial charge on any atom is 0.244 e. The minimum absolute atomic E-state index is 0.117. The summed E-state index contributed by atoms with van der Waals surface area (Å²) in [7, 11) is -2.38. The van der Waals surface area contributed by atoms with Crippen LogP contribution in [0.1, 0.15) is 6.92 Å². The molecule has 2 N–H and O–H groups in total. The Balaban J connectivity index is 3.13. The van der Waals surface area contributed by atoms with Gasteiger partial charge in [0.15, 0.2) is 0 Å². The predicted molar refractivity (Wildman–Crippen MR) is 70.0 cm³/mol. The van der Waals surface area contributed by atoms with Crippen LogP contribution in [0.5, 0.6) is 0 Å². The van der Waals surface area contributed by atoms with Gasteiger partial charge < -0.3 is 5.73 Å². The van der Waals surface area contributed by atoms with Gasteiger partial charge in [0.1, 0.15) is 11.1 Å². The first-order valence-corrected chi connectivity index (χ1v) is 6.70. The van der Waals surface area contributed by atoms with Gasteiger partial charge in [-0.25, -0.2) is 12.8 Å². The molecule has 0 amide bonds. The molecule has 0 aliphatic heterocycles. The van der Waals surface area contributed by atoms with E-state index in [2.05, 4.69) is 12.2 Å². The standard InChI is InChI=1S/C10H13FN2O2S2/c1-7(10(12)16)17(14,15)13(2)9-5-3-4-8(11)6-9/h3-7H,1-2H3,(H2,12,16). The van der Waals surface area contributed by atoms with Crippen LogP contribution in [0.4, 0.5) is 10.1 Å². The molecule has 0 spiro atoms. The molecule has 0 radical (unpaired) electrons. The van der Waals surface area contributed by atoms with E-state index in [1.54, 1.807) is 0 Å². The van der Waals surface area contributed by atoms with Crippen LogP contribution in [0, 0.1) is 5.82 Å². The summed E-state index contributed by atoms with van der Waals surface area (Å²) in [6.45, 7) is 1.40. The second-order valence-corrected chi connectivity index (χ2v) is 6.29. The molecule has 0 aliphatic carbocycles. The molecule has 0 heterocycles. The van der Waals surface area contributed by atoms with Crippen molar-refractivity contribution in [1.29, 1.82) is 0 Å². The van der Waals surface area contributed by atoms with Crippen molar-refractivity contribution < 1.29 is 12.8 Å². The molecule has 0 saturated carbocycles. The summed E-state index contributed by atoms with van der Waals surface area (Å²) in [6.07, 6.45) is 0. The third kappa shape index (κ3) is 2.92. The summed E-state index contributed by atoms with van der Waals surface area (Å²) in [4.78, 5) is -0.117. The Kier molecular flexibility index (Phi) is 4.05. The first-order chi connectivity index (χ1) is 7.76. The zero-order valence-electron chi connectivity index (χ0n) is 9.42. The van der Waals surface area contributed by atoms with Crippen LogP contribution in [-0.2, 0) is 10.0 Å². The number of sulfonamides is 1. The SMILES string of the molecule is CC(C(N)=S)S(=O)(=O)N(C)c1cccc(F)c1. The molecule has 0 aliphatic rings. The molecule has 0 saturated heterocycles. The zero-order valence-corrected chi connectivity index (χ0v) is 11.1. The molecule has 17 heavy (non-hydrogen) atoms. The van der Waals surface area contributed by atoms with E-state index in [1.165, 1.54) is 32.2 Å². The van der Waals surface area contributed by atoms with Crippen LogP contribution in [0.15, 0.2) is 24.3 Å². The lowest BCUT2D eigenvalue weighted by Gasteiger charge is -2.23. The van der Waals surface area contributed by atoms with Crippen LogP contribution in [0.25, 0.3) is 0 Å². The smallest absolute Gasteiger partial charge is 0.244 e. The second kappa shape index (κ2) is 4.97. The Morgan fingerprint density at radius 3 is 2.59 bits per heavy atom. The lowest BCUT2D eigenvalue weighted by molar-refractivity contribution is 0.591. The molecule has 1 atom stereocenters. The number of rotatable bonds is 4. The topological polar surface area (TPSA) is 63.4 Å². The van der Waals surface area contributed by atoms with Crippen molar-refractivity contribution in [2.45, 2.75) is 12.2 Å². The number of halogens is 1. The van der Waals surface area contributed by atoms with E-state index in [0.717, 1.165) is 10.4 Å². The summed E-state index contributed by atoms with van der Waals surface area (Å²) in [5.41, 5.74) is 5.55. The third-order valence-electron chi connectivity index (χ3n) is 2.40. The number of nitrogens with two attached hydrogens (primary N) is 1. The Morgan fingerprint density at radius 1 is 1.53 bits per heavy atom. The molecule has 1 rings (SSSR count). The molecule has 0 aromatic heterocycles. The lowest BCUT2D eigenvalue weighted by atomic mass is 10.3. The molecule has 7 heteroatoms. The molecule has 0 fully saturated rings. The van der Waals surface area contributed by atoms with Crippen LogP contribution in [0.2, 0.25) is 0 Å². The Labute approximate surface area is 105 Å². The Bertz CT molecular complexity index is 531. The van der Waals surface area contributed by atoms with E-state index in [0.29, 0.717) is 0 Å². The number of anilines is 1. The fourth-order valence-electron chi connectivity index (χ4n) is 1.20. The van der Waals surface area contributed by atoms with Gasteiger partial charge in [0.25, 0.3) is 0 Å².